The summed E-state index contributed by atoms with van der Waals surface area (Å²) < 4.78 is 0. The maximum absolute atomic E-state index is 12.9. The van der Waals surface area contributed by atoms with Crippen LogP contribution in [0.5, 0.6) is 0 Å². The van der Waals surface area contributed by atoms with E-state index in [9.17, 15) is 19.2 Å². The highest BCUT2D eigenvalue weighted by atomic mass is 16.4. The molecule has 0 saturated carbocycles. The van der Waals surface area contributed by atoms with E-state index in [1.807, 2.05) is 6.92 Å². The molecule has 3 amide bonds. The fraction of sp³-hybridized carbons (Fsp3) is 0.737. The predicted molar refractivity (Wildman–Crippen MR) is 117 cm³/mol. The van der Waals surface area contributed by atoms with Crippen molar-refractivity contribution in [1.82, 2.24) is 16.0 Å². The van der Waals surface area contributed by atoms with Crippen molar-refractivity contribution in [3.8, 4) is 0 Å². The molecule has 178 valence electrons. The number of carboxylic acids is 1. The van der Waals surface area contributed by atoms with Crippen molar-refractivity contribution in [2.24, 2.45) is 34.0 Å². The Balaban J connectivity index is 5.40. The van der Waals surface area contributed by atoms with Crippen LogP contribution >= 0.6 is 0 Å². The number of aliphatic imine (C=N–C) groups is 1. The number of aliphatic carboxylic acids is 1. The largest absolute Gasteiger partial charge is 0.480 e. The van der Waals surface area contributed by atoms with E-state index in [1.165, 1.54) is 0 Å². The Bertz CT molecular complexity index is 650. The van der Waals surface area contributed by atoms with Gasteiger partial charge in [-0.2, -0.15) is 0 Å². The van der Waals surface area contributed by atoms with Gasteiger partial charge in [-0.15, -0.1) is 0 Å². The van der Waals surface area contributed by atoms with Crippen LogP contribution in [0.2, 0.25) is 0 Å². The number of amides is 3. The van der Waals surface area contributed by atoms with Crippen molar-refractivity contribution in [3.05, 3.63) is 0 Å². The molecule has 0 fully saturated rings. The van der Waals surface area contributed by atoms with Crippen LogP contribution in [0.4, 0.5) is 0 Å². The van der Waals surface area contributed by atoms with Gasteiger partial charge in [0.2, 0.25) is 17.7 Å². The average molecular weight is 444 g/mol. The Hall–Kier alpha value is -2.89. The summed E-state index contributed by atoms with van der Waals surface area (Å²) in [6.07, 6.45) is 1.17. The minimum absolute atomic E-state index is 0.0844. The van der Waals surface area contributed by atoms with E-state index in [-0.39, 0.29) is 30.8 Å². The molecule has 0 radical (unpaired) electrons. The highest BCUT2D eigenvalue weighted by Crippen LogP contribution is 2.10. The zero-order chi connectivity index (χ0) is 24.1. The van der Waals surface area contributed by atoms with E-state index in [0.717, 1.165) is 0 Å². The van der Waals surface area contributed by atoms with Crippen molar-refractivity contribution >= 4 is 29.7 Å². The molecule has 0 aromatic rings. The van der Waals surface area contributed by atoms with E-state index in [4.69, 9.17) is 22.3 Å². The van der Waals surface area contributed by atoms with Crippen LogP contribution in [0, 0.1) is 11.8 Å². The first kappa shape index (κ1) is 28.1. The molecule has 0 spiro atoms. The lowest BCUT2D eigenvalue weighted by Crippen LogP contribution is -2.58. The normalized spacial score (nSPS) is 14.6. The van der Waals surface area contributed by atoms with Gasteiger partial charge in [0.25, 0.3) is 0 Å². The number of carbonyl (C=O) groups excluding carboxylic acids is 3. The summed E-state index contributed by atoms with van der Waals surface area (Å²) in [6.45, 7) is 6.85. The van der Waals surface area contributed by atoms with Gasteiger partial charge in [0.1, 0.15) is 18.6 Å². The summed E-state index contributed by atoms with van der Waals surface area (Å²) in [7, 11) is 0. The van der Waals surface area contributed by atoms with Gasteiger partial charge < -0.3 is 38.3 Å². The molecule has 0 aliphatic carbocycles. The Labute approximate surface area is 182 Å². The Morgan fingerprint density at radius 1 is 1.00 bits per heavy atom. The van der Waals surface area contributed by atoms with Gasteiger partial charge in [-0.05, 0) is 24.7 Å². The lowest BCUT2D eigenvalue weighted by Gasteiger charge is -2.27. The van der Waals surface area contributed by atoms with E-state index in [2.05, 4.69) is 20.9 Å². The third kappa shape index (κ3) is 11.2. The molecule has 0 aliphatic heterocycles. The molecular weight excluding hydrogens is 406 g/mol. The van der Waals surface area contributed by atoms with E-state index in [0.29, 0.717) is 12.8 Å². The van der Waals surface area contributed by atoms with Gasteiger partial charge in [0.15, 0.2) is 5.96 Å². The number of hydrogen-bond acceptors (Lipinski definition) is 6. The first-order valence-electron chi connectivity index (χ1n) is 10.3. The average Bonchev–Trinajstić information content (AvgIpc) is 2.70. The van der Waals surface area contributed by atoms with Crippen molar-refractivity contribution in [2.45, 2.75) is 65.1 Å². The van der Waals surface area contributed by atoms with Crippen LogP contribution in [0.15, 0.2) is 4.99 Å². The number of hydrogen-bond donors (Lipinski definition) is 7. The van der Waals surface area contributed by atoms with Crippen LogP contribution in [0.3, 0.4) is 0 Å². The lowest BCUT2D eigenvalue weighted by atomic mass is 9.97. The molecule has 4 unspecified atom stereocenters. The fourth-order valence-corrected chi connectivity index (χ4v) is 2.57. The standard InChI is InChI=1S/C19H37N7O5/c1-5-11(4)15(18(31)24-9-13(27)28)26-16(29)12(7-6-8-23-19(21)22)25-17(30)14(20)10(2)3/h10-12,14-15H,5-9,20H2,1-4H3,(H,24,31)(H,25,30)(H,26,29)(H,27,28)(H4,21,22,23). The maximum atomic E-state index is 12.9. The van der Waals surface area contributed by atoms with Gasteiger partial charge >= 0.3 is 5.97 Å². The van der Waals surface area contributed by atoms with Gasteiger partial charge in [0.05, 0.1) is 6.04 Å². The van der Waals surface area contributed by atoms with E-state index < -0.39 is 48.4 Å². The molecule has 0 rings (SSSR count). The third-order valence-electron chi connectivity index (χ3n) is 4.81. The smallest absolute Gasteiger partial charge is 0.322 e. The van der Waals surface area contributed by atoms with Gasteiger partial charge in [-0.25, -0.2) is 0 Å². The number of nitrogens with two attached hydrogens (primary N) is 3. The molecule has 0 bridgehead atoms. The molecule has 0 heterocycles. The summed E-state index contributed by atoms with van der Waals surface area (Å²) in [6, 6.07) is -2.74. The number of rotatable bonds is 14. The molecule has 0 aromatic heterocycles. The van der Waals surface area contributed by atoms with Crippen molar-refractivity contribution in [3.63, 3.8) is 0 Å². The Morgan fingerprint density at radius 2 is 1.61 bits per heavy atom. The summed E-state index contributed by atoms with van der Waals surface area (Å²) in [4.78, 5) is 52.3. The molecule has 0 aliphatic rings. The molecule has 12 nitrogen and oxygen atoms in total. The van der Waals surface area contributed by atoms with Crippen LogP contribution in [-0.2, 0) is 19.2 Å². The highest BCUT2D eigenvalue weighted by molar-refractivity contribution is 5.93. The monoisotopic (exact) mass is 443 g/mol. The summed E-state index contributed by atoms with van der Waals surface area (Å²) in [5.74, 6) is -3.38. The molecule has 0 saturated heterocycles. The van der Waals surface area contributed by atoms with E-state index in [1.54, 1.807) is 20.8 Å². The minimum atomic E-state index is -1.20. The second-order valence-corrected chi connectivity index (χ2v) is 7.76. The lowest BCUT2D eigenvalue weighted by molar-refractivity contribution is -0.139. The molecule has 10 N–H and O–H groups in total. The van der Waals surface area contributed by atoms with Crippen LogP contribution in [0.25, 0.3) is 0 Å². The molecule has 0 aromatic carbocycles. The zero-order valence-corrected chi connectivity index (χ0v) is 18.7. The first-order chi connectivity index (χ1) is 14.4. The molecule has 12 heteroatoms. The second-order valence-electron chi connectivity index (χ2n) is 7.76. The molecular formula is C19H37N7O5. The zero-order valence-electron chi connectivity index (χ0n) is 18.7. The SMILES string of the molecule is CCC(C)C(NC(=O)C(CCCN=C(N)N)NC(=O)C(N)C(C)C)C(=O)NCC(=O)O. The molecule has 4 atom stereocenters. The van der Waals surface area contributed by atoms with Gasteiger partial charge in [-0.1, -0.05) is 34.1 Å². The van der Waals surface area contributed by atoms with Crippen LogP contribution < -0.4 is 33.2 Å². The van der Waals surface area contributed by atoms with E-state index >= 15 is 0 Å². The Morgan fingerprint density at radius 3 is 2.10 bits per heavy atom. The van der Waals surface area contributed by atoms with Crippen LogP contribution in [-0.4, -0.2) is 66.0 Å². The quantitative estimate of drug-likeness (QED) is 0.0924. The van der Waals surface area contributed by atoms with Crippen LogP contribution in [0.1, 0.15) is 47.0 Å². The fourth-order valence-electron chi connectivity index (χ4n) is 2.57. The van der Waals surface area contributed by atoms with Gasteiger partial charge in [0, 0.05) is 6.54 Å². The van der Waals surface area contributed by atoms with Crippen molar-refractivity contribution < 1.29 is 24.3 Å². The number of carboxylic acid groups (broad SMARTS) is 1. The molecule has 31 heavy (non-hydrogen) atoms. The minimum Gasteiger partial charge on any atom is -0.480 e. The topological polar surface area (TPSA) is 215 Å². The second kappa shape index (κ2) is 14.2. The third-order valence-corrected chi connectivity index (χ3v) is 4.81. The Kier molecular flexibility index (Phi) is 12.9. The van der Waals surface area contributed by atoms with Crippen molar-refractivity contribution in [1.29, 1.82) is 0 Å². The van der Waals surface area contributed by atoms with Gasteiger partial charge in [-0.3, -0.25) is 24.2 Å². The highest BCUT2D eigenvalue weighted by Gasteiger charge is 2.31. The summed E-state index contributed by atoms with van der Waals surface area (Å²) in [5, 5.41) is 16.3. The maximum Gasteiger partial charge on any atom is 0.322 e. The summed E-state index contributed by atoms with van der Waals surface area (Å²) in [5.41, 5.74) is 16.5. The van der Waals surface area contributed by atoms with Crippen molar-refractivity contribution in [2.75, 3.05) is 13.1 Å². The predicted octanol–water partition coefficient (Wildman–Crippen LogP) is -1.76. The number of guanidine groups is 1. The summed E-state index contributed by atoms with van der Waals surface area (Å²) >= 11 is 0. The number of carbonyl (C=O) groups is 4. The number of nitrogens with one attached hydrogen (secondary N) is 3. The number of nitrogens with zero attached hydrogens (tertiary/aromatic N) is 1. The first-order valence-corrected chi connectivity index (χ1v) is 10.3.